The first kappa shape index (κ1) is 32.3. The molecule has 0 atom stereocenters. The Hall–Kier alpha value is -3.64. The van der Waals surface area contributed by atoms with Crippen LogP contribution in [-0.4, -0.2) is 19.2 Å². The third kappa shape index (κ3) is 8.93. The molecule has 0 spiro atoms. The SMILES string of the molecule is CCOC(=O)COc1ccc(SCc2sc(-c3ccc(C(F)(F)F)cc3)cc2COc2ccc(C(F)(F)F)cc2)cc1C. The molecule has 3 aromatic carbocycles. The Labute approximate surface area is 252 Å². The van der Waals surface area contributed by atoms with E-state index in [1.807, 2.05) is 25.1 Å². The Bertz CT molecular complexity index is 1530. The zero-order chi connectivity index (χ0) is 31.2. The summed E-state index contributed by atoms with van der Waals surface area (Å²) in [6.07, 6.45) is -8.91. The number of hydrogen-bond donors (Lipinski definition) is 0. The molecule has 0 saturated heterocycles. The van der Waals surface area contributed by atoms with Crippen LogP contribution in [0.25, 0.3) is 10.4 Å². The van der Waals surface area contributed by atoms with Gasteiger partial charge in [0.15, 0.2) is 6.61 Å². The van der Waals surface area contributed by atoms with Crippen LogP contribution >= 0.6 is 23.1 Å². The molecule has 4 nitrogen and oxygen atoms in total. The molecule has 4 rings (SSSR count). The van der Waals surface area contributed by atoms with Crippen LogP contribution in [0.15, 0.2) is 77.7 Å². The van der Waals surface area contributed by atoms with Crippen LogP contribution in [0.4, 0.5) is 26.3 Å². The minimum atomic E-state index is -4.46. The molecular weight excluding hydrogens is 614 g/mol. The van der Waals surface area contributed by atoms with Crippen molar-refractivity contribution in [2.45, 2.75) is 43.5 Å². The average molecular weight is 641 g/mol. The molecule has 12 heteroatoms. The van der Waals surface area contributed by atoms with Gasteiger partial charge < -0.3 is 14.2 Å². The lowest BCUT2D eigenvalue weighted by molar-refractivity contribution is -0.145. The van der Waals surface area contributed by atoms with Crippen LogP contribution in [0.5, 0.6) is 11.5 Å². The Balaban J connectivity index is 1.51. The number of thiophene rings is 1. The third-order valence-corrected chi connectivity index (χ3v) is 8.57. The van der Waals surface area contributed by atoms with Gasteiger partial charge in [0.05, 0.1) is 17.7 Å². The standard InChI is InChI=1S/C31H26F6O4S2/c1-3-39-29(38)17-41-26-13-12-25(14-19(26)2)42-18-28-21(16-40-24-10-8-23(9-11-24)31(35,36)37)15-27(43-28)20-4-6-22(7-5-20)30(32,33)34/h4-15H,3,16-18H2,1-2H3. The Morgan fingerprint density at radius 1 is 0.837 bits per heavy atom. The molecule has 0 N–H and O–H groups in total. The highest BCUT2D eigenvalue weighted by Gasteiger charge is 2.31. The van der Waals surface area contributed by atoms with Gasteiger partial charge in [0.1, 0.15) is 18.1 Å². The van der Waals surface area contributed by atoms with Gasteiger partial charge in [0, 0.05) is 26.0 Å². The van der Waals surface area contributed by atoms with Crippen molar-refractivity contribution in [2.75, 3.05) is 13.2 Å². The molecule has 0 aliphatic heterocycles. The molecule has 0 bridgehead atoms. The van der Waals surface area contributed by atoms with Crippen molar-refractivity contribution < 1.29 is 45.3 Å². The van der Waals surface area contributed by atoms with E-state index >= 15 is 0 Å². The van der Waals surface area contributed by atoms with Crippen molar-refractivity contribution >= 4 is 29.1 Å². The van der Waals surface area contributed by atoms with Crippen LogP contribution < -0.4 is 9.47 Å². The number of halogens is 6. The quantitative estimate of drug-likeness (QED) is 0.0928. The van der Waals surface area contributed by atoms with Gasteiger partial charge in [-0.1, -0.05) is 12.1 Å². The van der Waals surface area contributed by atoms with Crippen molar-refractivity contribution in [3.8, 4) is 21.9 Å². The lowest BCUT2D eigenvalue weighted by atomic mass is 10.1. The minimum Gasteiger partial charge on any atom is -0.489 e. The number of alkyl halides is 6. The zero-order valence-corrected chi connectivity index (χ0v) is 24.6. The summed E-state index contributed by atoms with van der Waals surface area (Å²) in [5, 5.41) is 0. The van der Waals surface area contributed by atoms with Crippen molar-refractivity contribution in [1.82, 2.24) is 0 Å². The summed E-state index contributed by atoms with van der Waals surface area (Å²) in [6, 6.07) is 16.6. The second-order valence-corrected chi connectivity index (χ2v) is 11.4. The largest absolute Gasteiger partial charge is 0.489 e. The lowest BCUT2D eigenvalue weighted by Crippen LogP contribution is -2.14. The fourth-order valence-corrected chi connectivity index (χ4v) is 6.23. The number of benzene rings is 3. The minimum absolute atomic E-state index is 0.0536. The Kier molecular flexibility index (Phi) is 10.3. The molecule has 0 amide bonds. The third-order valence-electron chi connectivity index (χ3n) is 6.14. The van der Waals surface area contributed by atoms with Crippen LogP contribution in [0.1, 0.15) is 34.1 Å². The van der Waals surface area contributed by atoms with Gasteiger partial charge in [-0.2, -0.15) is 26.3 Å². The summed E-state index contributed by atoms with van der Waals surface area (Å²) in [5.74, 6) is 0.832. The summed E-state index contributed by atoms with van der Waals surface area (Å²) >= 11 is 2.92. The molecule has 0 saturated carbocycles. The lowest BCUT2D eigenvalue weighted by Gasteiger charge is -2.11. The van der Waals surface area contributed by atoms with E-state index in [4.69, 9.17) is 14.2 Å². The predicted octanol–water partition coefficient (Wildman–Crippen LogP) is 9.57. The van der Waals surface area contributed by atoms with Gasteiger partial charge in [-0.05, 0) is 85.6 Å². The van der Waals surface area contributed by atoms with E-state index in [1.165, 1.54) is 47.4 Å². The van der Waals surface area contributed by atoms with Gasteiger partial charge in [-0.25, -0.2) is 4.79 Å². The molecule has 1 heterocycles. The summed E-state index contributed by atoms with van der Waals surface area (Å²) in [5.41, 5.74) is 0.642. The fraction of sp³-hybridized carbons (Fsp3) is 0.258. The van der Waals surface area contributed by atoms with E-state index in [2.05, 4.69) is 0 Å². The number of ether oxygens (including phenoxy) is 3. The van der Waals surface area contributed by atoms with Gasteiger partial charge >= 0.3 is 18.3 Å². The van der Waals surface area contributed by atoms with E-state index in [0.29, 0.717) is 17.1 Å². The first-order chi connectivity index (χ1) is 20.3. The monoisotopic (exact) mass is 640 g/mol. The average Bonchev–Trinajstić information content (AvgIpc) is 3.37. The maximum atomic E-state index is 13.1. The number of carbonyl (C=O) groups excluding carboxylic acids is 1. The molecule has 0 unspecified atom stereocenters. The van der Waals surface area contributed by atoms with Crippen molar-refractivity contribution in [2.24, 2.45) is 0 Å². The molecule has 228 valence electrons. The number of rotatable bonds is 11. The number of thioether (sulfide) groups is 1. The van der Waals surface area contributed by atoms with E-state index in [-0.39, 0.29) is 25.6 Å². The number of hydrogen-bond acceptors (Lipinski definition) is 6. The summed E-state index contributed by atoms with van der Waals surface area (Å²) in [7, 11) is 0. The second kappa shape index (κ2) is 13.8. The van der Waals surface area contributed by atoms with Crippen LogP contribution in [-0.2, 0) is 34.2 Å². The highest BCUT2D eigenvalue weighted by atomic mass is 32.2. The van der Waals surface area contributed by atoms with Crippen LogP contribution in [0, 0.1) is 6.92 Å². The fourth-order valence-electron chi connectivity index (χ4n) is 3.94. The Morgan fingerprint density at radius 3 is 2.05 bits per heavy atom. The molecule has 0 aliphatic rings. The van der Waals surface area contributed by atoms with Gasteiger partial charge in [-0.15, -0.1) is 23.1 Å². The topological polar surface area (TPSA) is 44.8 Å². The highest BCUT2D eigenvalue weighted by Crippen LogP contribution is 2.38. The van der Waals surface area contributed by atoms with Gasteiger partial charge in [0.2, 0.25) is 0 Å². The highest BCUT2D eigenvalue weighted by molar-refractivity contribution is 7.98. The smallest absolute Gasteiger partial charge is 0.416 e. The maximum Gasteiger partial charge on any atom is 0.416 e. The van der Waals surface area contributed by atoms with Crippen LogP contribution in [0.3, 0.4) is 0 Å². The summed E-state index contributed by atoms with van der Waals surface area (Å²) < 4.78 is 94.1. The number of carbonyl (C=O) groups is 1. The molecule has 1 aromatic heterocycles. The van der Waals surface area contributed by atoms with Crippen molar-refractivity contribution in [3.05, 3.63) is 99.9 Å². The summed E-state index contributed by atoms with van der Waals surface area (Å²) in [6.45, 7) is 3.67. The molecule has 43 heavy (non-hydrogen) atoms. The molecule has 4 aromatic rings. The number of esters is 1. The summed E-state index contributed by atoms with van der Waals surface area (Å²) in [4.78, 5) is 14.1. The van der Waals surface area contributed by atoms with Crippen molar-refractivity contribution in [1.29, 1.82) is 0 Å². The first-order valence-corrected chi connectivity index (χ1v) is 14.7. The van der Waals surface area contributed by atoms with E-state index < -0.39 is 29.4 Å². The van der Waals surface area contributed by atoms with Crippen molar-refractivity contribution in [3.63, 3.8) is 0 Å². The maximum absolute atomic E-state index is 13.1. The van der Waals surface area contributed by atoms with Crippen LogP contribution in [0.2, 0.25) is 0 Å². The Morgan fingerprint density at radius 2 is 1.47 bits per heavy atom. The van der Waals surface area contributed by atoms with E-state index in [1.54, 1.807) is 13.0 Å². The van der Waals surface area contributed by atoms with Gasteiger partial charge in [-0.3, -0.25) is 0 Å². The predicted molar refractivity (Wildman–Crippen MR) is 153 cm³/mol. The first-order valence-electron chi connectivity index (χ1n) is 12.9. The molecule has 0 fully saturated rings. The normalized spacial score (nSPS) is 11.8. The van der Waals surface area contributed by atoms with Gasteiger partial charge in [0.25, 0.3) is 0 Å². The molecule has 0 radical (unpaired) electrons. The second-order valence-electron chi connectivity index (χ2n) is 9.25. The molecular formula is C31H26F6O4S2. The van der Waals surface area contributed by atoms with E-state index in [0.717, 1.165) is 50.0 Å². The number of aryl methyl sites for hydroxylation is 1. The molecule has 0 aliphatic carbocycles. The zero-order valence-electron chi connectivity index (χ0n) is 23.0. The van der Waals surface area contributed by atoms with E-state index in [9.17, 15) is 31.1 Å².